The minimum absolute atomic E-state index is 0.0295. The quantitative estimate of drug-likeness (QED) is 0.657. The van der Waals surface area contributed by atoms with Crippen LogP contribution in [0.1, 0.15) is 23.7 Å². The summed E-state index contributed by atoms with van der Waals surface area (Å²) < 4.78 is 44.1. The van der Waals surface area contributed by atoms with Gasteiger partial charge in [0.15, 0.2) is 0 Å². The Balaban J connectivity index is 1.65. The minimum Gasteiger partial charge on any atom is -0.375 e. The minimum atomic E-state index is -3.45. The van der Waals surface area contributed by atoms with Crippen molar-refractivity contribution in [1.82, 2.24) is 5.32 Å². The first-order valence-electron chi connectivity index (χ1n) is 9.67. The predicted molar refractivity (Wildman–Crippen MR) is 115 cm³/mol. The molecule has 0 fully saturated rings. The van der Waals surface area contributed by atoms with Crippen LogP contribution in [-0.4, -0.2) is 46.7 Å². The number of hydrogen-bond acceptors (Lipinski definition) is 5. The van der Waals surface area contributed by atoms with E-state index in [-0.39, 0.29) is 6.54 Å². The second-order valence-corrected chi connectivity index (χ2v) is 9.13. The standard InChI is InChI=1S/C21H24FN3O5S/c1-30-19(15-5-3-7-16(22)11-15)13-23-20(26)21(27)24-17-9-8-14-6-4-10-25(18(14)12-17)31(2,28)29/h3,5,7-9,11-12,19H,4,6,10,13H2,1-2H3,(H,23,26)(H,24,27). The summed E-state index contributed by atoms with van der Waals surface area (Å²) in [6.07, 6.45) is 1.94. The van der Waals surface area contributed by atoms with Crippen molar-refractivity contribution in [1.29, 1.82) is 0 Å². The van der Waals surface area contributed by atoms with Gasteiger partial charge in [-0.05, 0) is 48.2 Å². The van der Waals surface area contributed by atoms with E-state index in [1.807, 2.05) is 0 Å². The fraction of sp³-hybridized carbons (Fsp3) is 0.333. The molecule has 31 heavy (non-hydrogen) atoms. The number of carbonyl (C=O) groups is 2. The fourth-order valence-electron chi connectivity index (χ4n) is 3.46. The molecule has 0 spiro atoms. The fourth-order valence-corrected chi connectivity index (χ4v) is 4.45. The SMILES string of the molecule is COC(CNC(=O)C(=O)Nc1ccc2c(c1)N(S(C)(=O)=O)CCC2)c1cccc(F)c1. The van der Waals surface area contributed by atoms with E-state index in [0.717, 1.165) is 18.2 Å². The maximum absolute atomic E-state index is 13.4. The van der Waals surface area contributed by atoms with Crippen LogP contribution in [0.25, 0.3) is 0 Å². The molecule has 8 nitrogen and oxygen atoms in total. The monoisotopic (exact) mass is 449 g/mol. The highest BCUT2D eigenvalue weighted by Gasteiger charge is 2.25. The van der Waals surface area contributed by atoms with Crippen LogP contribution >= 0.6 is 0 Å². The molecule has 0 aliphatic carbocycles. The third-order valence-corrected chi connectivity index (χ3v) is 6.16. The Morgan fingerprint density at radius 2 is 1.97 bits per heavy atom. The van der Waals surface area contributed by atoms with Crippen molar-refractivity contribution < 1.29 is 27.1 Å². The summed E-state index contributed by atoms with van der Waals surface area (Å²) in [7, 11) is -2.03. The van der Waals surface area contributed by atoms with E-state index in [2.05, 4.69) is 10.6 Å². The van der Waals surface area contributed by atoms with Crippen molar-refractivity contribution in [2.24, 2.45) is 0 Å². The van der Waals surface area contributed by atoms with Crippen LogP contribution in [-0.2, 0) is 30.8 Å². The number of fused-ring (bicyclic) bond motifs is 1. The molecule has 2 aromatic rings. The molecule has 0 bridgehead atoms. The average Bonchev–Trinajstić information content (AvgIpc) is 2.73. The first-order valence-corrected chi connectivity index (χ1v) is 11.5. The van der Waals surface area contributed by atoms with Crippen LogP contribution in [0.15, 0.2) is 42.5 Å². The molecule has 0 aromatic heterocycles. The van der Waals surface area contributed by atoms with Crippen molar-refractivity contribution in [2.75, 3.05) is 36.1 Å². The molecule has 1 atom stereocenters. The number of sulfonamides is 1. The Bertz CT molecular complexity index is 1090. The zero-order valence-electron chi connectivity index (χ0n) is 17.2. The molecule has 10 heteroatoms. The number of rotatable bonds is 6. The van der Waals surface area contributed by atoms with Gasteiger partial charge in [0.1, 0.15) is 5.82 Å². The Labute approximate surface area is 180 Å². The van der Waals surface area contributed by atoms with E-state index in [0.29, 0.717) is 29.9 Å². The molecule has 1 aliphatic heterocycles. The van der Waals surface area contributed by atoms with E-state index in [4.69, 9.17) is 4.74 Å². The summed E-state index contributed by atoms with van der Waals surface area (Å²) >= 11 is 0. The van der Waals surface area contributed by atoms with Crippen LogP contribution in [0.3, 0.4) is 0 Å². The molecule has 2 aromatic carbocycles. The van der Waals surface area contributed by atoms with Gasteiger partial charge in [-0.3, -0.25) is 13.9 Å². The van der Waals surface area contributed by atoms with Gasteiger partial charge in [-0.25, -0.2) is 12.8 Å². The third kappa shape index (κ3) is 5.59. The Hall–Kier alpha value is -2.98. The molecule has 166 valence electrons. The molecule has 3 rings (SSSR count). The Morgan fingerprint density at radius 3 is 2.65 bits per heavy atom. The molecular formula is C21H24FN3O5S. The van der Waals surface area contributed by atoms with Crippen molar-refractivity contribution in [3.05, 3.63) is 59.4 Å². The highest BCUT2D eigenvalue weighted by Crippen LogP contribution is 2.31. The van der Waals surface area contributed by atoms with Crippen molar-refractivity contribution in [3.63, 3.8) is 0 Å². The zero-order chi connectivity index (χ0) is 22.6. The van der Waals surface area contributed by atoms with E-state index < -0.39 is 33.8 Å². The van der Waals surface area contributed by atoms with Crippen LogP contribution in [0.4, 0.5) is 15.8 Å². The summed E-state index contributed by atoms with van der Waals surface area (Å²) in [4.78, 5) is 24.5. The van der Waals surface area contributed by atoms with Crippen LogP contribution < -0.4 is 14.9 Å². The average molecular weight is 450 g/mol. The largest absolute Gasteiger partial charge is 0.375 e. The van der Waals surface area contributed by atoms with Crippen molar-refractivity contribution in [2.45, 2.75) is 18.9 Å². The first-order chi connectivity index (χ1) is 14.7. The topological polar surface area (TPSA) is 105 Å². The number of hydrogen-bond donors (Lipinski definition) is 2. The van der Waals surface area contributed by atoms with Crippen LogP contribution in [0.5, 0.6) is 0 Å². The summed E-state index contributed by atoms with van der Waals surface area (Å²) in [6.45, 7) is 0.334. The van der Waals surface area contributed by atoms with Crippen LogP contribution in [0, 0.1) is 5.82 Å². The Kier molecular flexibility index (Phi) is 6.91. The van der Waals surface area contributed by atoms with Crippen molar-refractivity contribution in [3.8, 4) is 0 Å². The number of ether oxygens (including phenoxy) is 1. The summed E-state index contributed by atoms with van der Waals surface area (Å²) in [5.41, 5.74) is 2.19. The lowest BCUT2D eigenvalue weighted by Gasteiger charge is -2.29. The second kappa shape index (κ2) is 9.44. The number of anilines is 2. The molecule has 1 unspecified atom stereocenters. The maximum atomic E-state index is 13.4. The summed E-state index contributed by atoms with van der Waals surface area (Å²) in [5.74, 6) is -2.23. The van der Waals surface area contributed by atoms with Gasteiger partial charge in [0.2, 0.25) is 10.0 Å². The molecule has 0 radical (unpaired) electrons. The van der Waals surface area contributed by atoms with Gasteiger partial charge in [0, 0.05) is 25.9 Å². The van der Waals surface area contributed by atoms with Crippen LogP contribution in [0.2, 0.25) is 0 Å². The number of nitrogens with zero attached hydrogens (tertiary/aromatic N) is 1. The van der Waals surface area contributed by atoms with E-state index >= 15 is 0 Å². The van der Waals surface area contributed by atoms with Gasteiger partial charge in [-0.15, -0.1) is 0 Å². The first kappa shape index (κ1) is 22.7. The number of carbonyl (C=O) groups excluding carboxylic acids is 2. The highest BCUT2D eigenvalue weighted by atomic mass is 32.2. The lowest BCUT2D eigenvalue weighted by atomic mass is 10.0. The molecule has 0 saturated heterocycles. The van der Waals surface area contributed by atoms with E-state index in [9.17, 15) is 22.4 Å². The van der Waals surface area contributed by atoms with E-state index in [1.165, 1.54) is 29.6 Å². The highest BCUT2D eigenvalue weighted by molar-refractivity contribution is 7.92. The van der Waals surface area contributed by atoms with E-state index in [1.54, 1.807) is 24.3 Å². The molecule has 0 saturated carbocycles. The number of benzene rings is 2. The zero-order valence-corrected chi connectivity index (χ0v) is 18.0. The predicted octanol–water partition coefficient (Wildman–Crippen LogP) is 1.98. The molecular weight excluding hydrogens is 425 g/mol. The molecule has 2 amide bonds. The molecule has 1 aliphatic rings. The lowest BCUT2D eigenvalue weighted by molar-refractivity contribution is -0.136. The maximum Gasteiger partial charge on any atom is 0.313 e. The normalized spacial score (nSPS) is 14.5. The van der Waals surface area contributed by atoms with Gasteiger partial charge < -0.3 is 15.4 Å². The number of nitrogens with one attached hydrogen (secondary N) is 2. The number of methoxy groups -OCH3 is 1. The summed E-state index contributed by atoms with van der Waals surface area (Å²) in [5, 5.41) is 4.94. The molecule has 1 heterocycles. The van der Waals surface area contributed by atoms with Gasteiger partial charge in [-0.1, -0.05) is 18.2 Å². The van der Waals surface area contributed by atoms with Crippen molar-refractivity contribution >= 4 is 33.2 Å². The third-order valence-electron chi connectivity index (χ3n) is 4.98. The Morgan fingerprint density at radius 1 is 1.19 bits per heavy atom. The van der Waals surface area contributed by atoms with Gasteiger partial charge in [0.05, 0.1) is 18.0 Å². The number of aryl methyl sites for hydroxylation is 1. The smallest absolute Gasteiger partial charge is 0.313 e. The number of amides is 2. The van der Waals surface area contributed by atoms with Gasteiger partial charge in [-0.2, -0.15) is 0 Å². The number of halogens is 1. The van der Waals surface area contributed by atoms with Gasteiger partial charge in [0.25, 0.3) is 0 Å². The second-order valence-electron chi connectivity index (χ2n) is 7.23. The van der Waals surface area contributed by atoms with Gasteiger partial charge >= 0.3 is 11.8 Å². The molecule has 2 N–H and O–H groups in total. The summed E-state index contributed by atoms with van der Waals surface area (Å²) in [6, 6.07) is 10.7. The lowest BCUT2D eigenvalue weighted by Crippen LogP contribution is -2.38.